The van der Waals surface area contributed by atoms with Gasteiger partial charge in [0, 0.05) is 17.7 Å². The van der Waals surface area contributed by atoms with Crippen LogP contribution in [0.25, 0.3) is 0 Å². The minimum Gasteiger partial charge on any atom is -0.351 e. The normalized spacial score (nSPS) is 15.7. The van der Waals surface area contributed by atoms with Gasteiger partial charge < -0.3 is 15.8 Å². The number of rotatable bonds is 6. The fourth-order valence-corrected chi connectivity index (χ4v) is 2.03. The molecule has 0 radical (unpaired) electrons. The van der Waals surface area contributed by atoms with E-state index < -0.39 is 35.0 Å². The maximum absolute atomic E-state index is 12.5. The van der Waals surface area contributed by atoms with Crippen molar-refractivity contribution in [3.8, 4) is 0 Å². The predicted octanol–water partition coefficient (Wildman–Crippen LogP) is 2.10. The molecule has 0 aliphatic carbocycles. The Kier molecular flexibility index (Phi) is 6.43. The van der Waals surface area contributed by atoms with Gasteiger partial charge in [0.05, 0.1) is 11.6 Å². The van der Waals surface area contributed by atoms with Crippen LogP contribution in [0.15, 0.2) is 24.3 Å². The molecule has 22 heavy (non-hydrogen) atoms. The van der Waals surface area contributed by atoms with Crippen molar-refractivity contribution >= 4 is 24.8 Å². The first kappa shape index (κ1) is 18.5. The summed E-state index contributed by atoms with van der Waals surface area (Å²) in [5.41, 5.74) is 5.28. The summed E-state index contributed by atoms with van der Waals surface area (Å²) in [7, 11) is 0. The molecule has 0 aliphatic heterocycles. The minimum atomic E-state index is -4.40. The second-order valence-corrected chi connectivity index (χ2v) is 5.43. The van der Waals surface area contributed by atoms with E-state index in [1.54, 1.807) is 6.92 Å². The van der Waals surface area contributed by atoms with Crippen molar-refractivity contribution < 1.29 is 22.8 Å². The predicted molar refractivity (Wildman–Crippen MR) is 79.4 cm³/mol. The summed E-state index contributed by atoms with van der Waals surface area (Å²) < 4.78 is 37.5. The molecular weight excluding hydrogens is 317 g/mol. The highest BCUT2D eigenvalue weighted by Gasteiger charge is 2.30. The molecule has 0 heterocycles. The van der Waals surface area contributed by atoms with Crippen molar-refractivity contribution in [2.45, 2.75) is 36.9 Å². The van der Waals surface area contributed by atoms with Gasteiger partial charge in [-0.25, -0.2) is 0 Å². The van der Waals surface area contributed by atoms with Gasteiger partial charge in [-0.3, -0.25) is 4.79 Å². The van der Waals surface area contributed by atoms with Crippen LogP contribution in [0, 0.1) is 0 Å². The van der Waals surface area contributed by atoms with Gasteiger partial charge in [0.1, 0.15) is 6.29 Å². The number of hydrogen-bond acceptors (Lipinski definition) is 4. The molecule has 1 aromatic rings. The fraction of sp³-hybridized carbons (Fsp3) is 0.429. The number of carbonyl (C=O) groups is 2. The molecule has 0 aromatic heterocycles. The number of nitrogens with two attached hydrogens (primary N) is 1. The van der Waals surface area contributed by atoms with Gasteiger partial charge in [0.2, 0.25) is 5.91 Å². The Morgan fingerprint density at radius 3 is 2.36 bits per heavy atom. The van der Waals surface area contributed by atoms with E-state index in [9.17, 15) is 22.8 Å². The Hall–Kier alpha value is -1.54. The van der Waals surface area contributed by atoms with Crippen molar-refractivity contribution in [1.29, 1.82) is 0 Å². The van der Waals surface area contributed by atoms with E-state index in [0.717, 1.165) is 12.1 Å². The van der Waals surface area contributed by atoms with Gasteiger partial charge in [-0.2, -0.15) is 25.8 Å². The van der Waals surface area contributed by atoms with Crippen LogP contribution in [0.2, 0.25) is 0 Å². The first-order chi connectivity index (χ1) is 10.2. The first-order valence-corrected chi connectivity index (χ1v) is 7.03. The van der Waals surface area contributed by atoms with Crippen LogP contribution in [0.3, 0.4) is 0 Å². The van der Waals surface area contributed by atoms with Crippen LogP contribution in [-0.4, -0.2) is 24.3 Å². The quantitative estimate of drug-likeness (QED) is 0.551. The third kappa shape index (κ3) is 5.03. The molecule has 122 valence electrons. The summed E-state index contributed by atoms with van der Waals surface area (Å²) in [4.78, 5) is 22.0. The van der Waals surface area contributed by atoms with Crippen LogP contribution in [-0.2, 0) is 15.8 Å². The van der Waals surface area contributed by atoms with Gasteiger partial charge in [0.15, 0.2) is 0 Å². The number of alkyl halides is 3. The second kappa shape index (κ2) is 7.64. The Morgan fingerprint density at radius 1 is 1.36 bits per heavy atom. The highest BCUT2D eigenvalue weighted by atomic mass is 32.1. The average molecular weight is 334 g/mol. The van der Waals surface area contributed by atoms with E-state index >= 15 is 0 Å². The largest absolute Gasteiger partial charge is 0.416 e. The number of benzene rings is 1. The maximum atomic E-state index is 12.5. The monoisotopic (exact) mass is 334 g/mol. The van der Waals surface area contributed by atoms with Crippen LogP contribution < -0.4 is 11.1 Å². The minimum absolute atomic E-state index is 0.101. The van der Waals surface area contributed by atoms with E-state index in [2.05, 4.69) is 17.9 Å². The number of thiol groups is 1. The third-order valence-corrected chi connectivity index (χ3v) is 3.86. The smallest absolute Gasteiger partial charge is 0.351 e. The van der Waals surface area contributed by atoms with Crippen LogP contribution in [0.5, 0.6) is 0 Å². The van der Waals surface area contributed by atoms with E-state index in [0.29, 0.717) is 11.8 Å². The van der Waals surface area contributed by atoms with E-state index in [-0.39, 0.29) is 6.42 Å². The summed E-state index contributed by atoms with van der Waals surface area (Å²) in [6, 6.07) is 3.14. The Bertz CT molecular complexity index is 520. The van der Waals surface area contributed by atoms with Crippen molar-refractivity contribution in [3.05, 3.63) is 35.4 Å². The molecule has 8 heteroatoms. The summed E-state index contributed by atoms with van der Waals surface area (Å²) in [5.74, 6) is -0.509. The van der Waals surface area contributed by atoms with Crippen LogP contribution >= 0.6 is 12.6 Å². The number of carbonyl (C=O) groups excluding carboxylic acids is 2. The zero-order chi connectivity index (χ0) is 16.9. The zero-order valence-corrected chi connectivity index (χ0v) is 12.7. The summed E-state index contributed by atoms with van der Waals surface area (Å²) in [6.07, 6.45) is -3.95. The molecule has 0 fully saturated rings. The lowest BCUT2D eigenvalue weighted by molar-refractivity contribution is -0.137. The standard InChI is InChI=1S/C14H17F3N2O2S/c1-8(19-13(21)11(18)6-7-20)12(22)9-2-4-10(5-3-9)14(15,16)17/h2-5,7-8,11-12,22H,6,18H2,1H3,(H,19,21). The topological polar surface area (TPSA) is 72.2 Å². The lowest BCUT2D eigenvalue weighted by Crippen LogP contribution is -2.45. The van der Waals surface area contributed by atoms with Crippen molar-refractivity contribution in [1.82, 2.24) is 5.32 Å². The lowest BCUT2D eigenvalue weighted by Gasteiger charge is -2.22. The number of hydrogen-bond donors (Lipinski definition) is 3. The van der Waals surface area contributed by atoms with Crippen molar-refractivity contribution in [2.75, 3.05) is 0 Å². The number of aldehydes is 1. The van der Waals surface area contributed by atoms with Gasteiger partial charge in [-0.05, 0) is 24.6 Å². The molecule has 1 amide bonds. The van der Waals surface area contributed by atoms with Gasteiger partial charge in [-0.15, -0.1) is 0 Å². The van der Waals surface area contributed by atoms with Crippen molar-refractivity contribution in [3.63, 3.8) is 0 Å². The fourth-order valence-electron chi connectivity index (χ4n) is 1.78. The van der Waals surface area contributed by atoms with E-state index in [1.165, 1.54) is 12.1 Å². The number of nitrogens with one attached hydrogen (secondary N) is 1. The Morgan fingerprint density at radius 2 is 1.91 bits per heavy atom. The molecule has 0 aliphatic rings. The molecule has 0 saturated carbocycles. The summed E-state index contributed by atoms with van der Waals surface area (Å²) >= 11 is 4.31. The molecule has 0 saturated heterocycles. The van der Waals surface area contributed by atoms with Crippen LogP contribution in [0.4, 0.5) is 13.2 Å². The molecule has 3 atom stereocenters. The lowest BCUT2D eigenvalue weighted by atomic mass is 10.0. The molecular formula is C14H17F3N2O2S. The molecule has 3 unspecified atom stereocenters. The molecule has 0 bridgehead atoms. The highest BCUT2D eigenvalue weighted by Crippen LogP contribution is 2.31. The highest BCUT2D eigenvalue weighted by molar-refractivity contribution is 7.80. The summed E-state index contributed by atoms with van der Waals surface area (Å²) in [6.45, 7) is 1.65. The molecule has 0 spiro atoms. The van der Waals surface area contributed by atoms with Crippen molar-refractivity contribution in [2.24, 2.45) is 5.73 Å². The first-order valence-electron chi connectivity index (χ1n) is 6.51. The van der Waals surface area contributed by atoms with Crippen LogP contribution in [0.1, 0.15) is 29.7 Å². The number of amides is 1. The Labute approximate surface area is 131 Å². The number of halogens is 3. The SMILES string of the molecule is CC(NC(=O)C(N)CC=O)C(S)c1ccc(C(F)(F)F)cc1. The van der Waals surface area contributed by atoms with E-state index in [4.69, 9.17) is 5.73 Å². The van der Waals surface area contributed by atoms with E-state index in [1.807, 2.05) is 0 Å². The molecule has 4 nitrogen and oxygen atoms in total. The molecule has 3 N–H and O–H groups in total. The summed E-state index contributed by atoms with van der Waals surface area (Å²) in [5, 5.41) is 2.08. The van der Waals surface area contributed by atoms with Gasteiger partial charge in [0.25, 0.3) is 0 Å². The van der Waals surface area contributed by atoms with Gasteiger partial charge in [-0.1, -0.05) is 12.1 Å². The molecule has 1 aromatic carbocycles. The van der Waals surface area contributed by atoms with Gasteiger partial charge >= 0.3 is 6.18 Å². The zero-order valence-electron chi connectivity index (χ0n) is 11.8. The Balaban J connectivity index is 2.72. The second-order valence-electron chi connectivity index (χ2n) is 4.87. The third-order valence-electron chi connectivity index (χ3n) is 3.11. The maximum Gasteiger partial charge on any atom is 0.416 e. The molecule has 1 rings (SSSR count). The average Bonchev–Trinajstić information content (AvgIpc) is 2.45.